The zero-order valence-corrected chi connectivity index (χ0v) is 11.0. The van der Waals surface area contributed by atoms with E-state index in [-0.39, 0.29) is 0 Å². The maximum absolute atomic E-state index is 5.59. The Kier molecular flexibility index (Phi) is 3.62. The SMILES string of the molecule is NCc1ccc(CN(Cc2ccco2)C2CC2)nc1. The van der Waals surface area contributed by atoms with Crippen molar-refractivity contribution in [2.45, 2.75) is 38.5 Å². The summed E-state index contributed by atoms with van der Waals surface area (Å²) in [4.78, 5) is 6.91. The number of nitrogens with zero attached hydrogens (tertiary/aromatic N) is 2. The molecule has 0 spiro atoms. The van der Waals surface area contributed by atoms with Gasteiger partial charge in [0.1, 0.15) is 5.76 Å². The standard InChI is InChI=1S/C15H19N3O/c16-8-12-3-4-13(17-9-12)10-18(14-5-6-14)11-15-2-1-7-19-15/h1-4,7,9,14H,5-6,8,10-11,16H2. The Labute approximate surface area is 113 Å². The van der Waals surface area contributed by atoms with Crippen molar-refractivity contribution in [1.29, 1.82) is 0 Å². The van der Waals surface area contributed by atoms with Crippen molar-refractivity contribution in [3.63, 3.8) is 0 Å². The average molecular weight is 257 g/mol. The van der Waals surface area contributed by atoms with Gasteiger partial charge < -0.3 is 10.2 Å². The molecule has 2 aromatic heterocycles. The summed E-state index contributed by atoms with van der Waals surface area (Å²) in [5.41, 5.74) is 7.76. The summed E-state index contributed by atoms with van der Waals surface area (Å²) in [6, 6.07) is 8.77. The molecule has 0 saturated heterocycles. The van der Waals surface area contributed by atoms with Crippen molar-refractivity contribution in [3.8, 4) is 0 Å². The topological polar surface area (TPSA) is 55.3 Å². The molecular formula is C15H19N3O. The first kappa shape index (κ1) is 12.4. The van der Waals surface area contributed by atoms with Gasteiger partial charge in [-0.25, -0.2) is 0 Å². The molecule has 100 valence electrons. The van der Waals surface area contributed by atoms with Gasteiger partial charge in [-0.05, 0) is 36.6 Å². The highest BCUT2D eigenvalue weighted by Gasteiger charge is 2.29. The van der Waals surface area contributed by atoms with Gasteiger partial charge in [0.05, 0.1) is 18.5 Å². The number of rotatable bonds is 6. The maximum Gasteiger partial charge on any atom is 0.117 e. The van der Waals surface area contributed by atoms with Crippen molar-refractivity contribution in [2.75, 3.05) is 0 Å². The largest absolute Gasteiger partial charge is 0.468 e. The first-order chi connectivity index (χ1) is 9.35. The molecule has 0 aromatic carbocycles. The van der Waals surface area contributed by atoms with Crippen LogP contribution in [0.5, 0.6) is 0 Å². The number of hydrogen-bond donors (Lipinski definition) is 1. The molecule has 19 heavy (non-hydrogen) atoms. The Bertz CT molecular complexity index is 503. The van der Waals surface area contributed by atoms with Crippen LogP contribution in [0.15, 0.2) is 41.1 Å². The molecule has 1 aliphatic rings. The molecule has 0 unspecified atom stereocenters. The molecule has 1 fully saturated rings. The Morgan fingerprint density at radius 3 is 2.74 bits per heavy atom. The fourth-order valence-corrected chi connectivity index (χ4v) is 2.23. The van der Waals surface area contributed by atoms with E-state index >= 15 is 0 Å². The highest BCUT2D eigenvalue weighted by atomic mass is 16.3. The van der Waals surface area contributed by atoms with Gasteiger partial charge in [-0.2, -0.15) is 0 Å². The maximum atomic E-state index is 5.59. The molecule has 0 amide bonds. The lowest BCUT2D eigenvalue weighted by molar-refractivity contribution is 0.222. The zero-order valence-electron chi connectivity index (χ0n) is 11.0. The quantitative estimate of drug-likeness (QED) is 0.862. The van der Waals surface area contributed by atoms with Crippen LogP contribution in [0.2, 0.25) is 0 Å². The lowest BCUT2D eigenvalue weighted by atomic mass is 10.2. The van der Waals surface area contributed by atoms with Gasteiger partial charge in [0.15, 0.2) is 0 Å². The van der Waals surface area contributed by atoms with Crippen molar-refractivity contribution in [3.05, 3.63) is 53.7 Å². The van der Waals surface area contributed by atoms with Crippen LogP contribution in [0, 0.1) is 0 Å². The molecule has 3 rings (SSSR count). The predicted octanol–water partition coefficient (Wildman–Crippen LogP) is 2.30. The third-order valence-electron chi connectivity index (χ3n) is 3.49. The summed E-state index contributed by atoms with van der Waals surface area (Å²) in [5, 5.41) is 0. The molecule has 0 aliphatic heterocycles. The second kappa shape index (κ2) is 5.55. The molecule has 2 heterocycles. The molecule has 1 aliphatic carbocycles. The van der Waals surface area contributed by atoms with Crippen LogP contribution < -0.4 is 5.73 Å². The number of furan rings is 1. The number of aromatic nitrogens is 1. The smallest absolute Gasteiger partial charge is 0.117 e. The third-order valence-corrected chi connectivity index (χ3v) is 3.49. The van der Waals surface area contributed by atoms with Gasteiger partial charge in [0.25, 0.3) is 0 Å². The molecule has 2 N–H and O–H groups in total. The molecule has 0 radical (unpaired) electrons. The van der Waals surface area contributed by atoms with Crippen LogP contribution in [-0.2, 0) is 19.6 Å². The van der Waals surface area contributed by atoms with Crippen LogP contribution in [0.25, 0.3) is 0 Å². The van der Waals surface area contributed by atoms with Gasteiger partial charge in [0.2, 0.25) is 0 Å². The first-order valence-electron chi connectivity index (χ1n) is 6.75. The van der Waals surface area contributed by atoms with Crippen molar-refractivity contribution < 1.29 is 4.42 Å². The van der Waals surface area contributed by atoms with E-state index in [1.807, 2.05) is 18.3 Å². The van der Waals surface area contributed by atoms with E-state index in [4.69, 9.17) is 10.2 Å². The number of hydrogen-bond acceptors (Lipinski definition) is 4. The Hall–Kier alpha value is -1.65. The number of pyridine rings is 1. The molecule has 0 atom stereocenters. The second-order valence-corrected chi connectivity index (χ2v) is 5.08. The summed E-state index contributed by atoms with van der Waals surface area (Å²) in [6.07, 6.45) is 6.16. The van der Waals surface area contributed by atoms with Gasteiger partial charge in [-0.3, -0.25) is 9.88 Å². The average Bonchev–Trinajstić information content (AvgIpc) is 3.17. The van der Waals surface area contributed by atoms with Crippen LogP contribution >= 0.6 is 0 Å². The summed E-state index contributed by atoms with van der Waals surface area (Å²) < 4.78 is 5.44. The fourth-order valence-electron chi connectivity index (χ4n) is 2.23. The van der Waals surface area contributed by atoms with E-state index < -0.39 is 0 Å². The minimum atomic E-state index is 0.548. The van der Waals surface area contributed by atoms with E-state index in [0.29, 0.717) is 12.6 Å². The number of nitrogens with two attached hydrogens (primary N) is 1. The van der Waals surface area contributed by atoms with Crippen LogP contribution in [0.1, 0.15) is 29.9 Å². The lowest BCUT2D eigenvalue weighted by Crippen LogP contribution is -2.25. The highest BCUT2D eigenvalue weighted by Crippen LogP contribution is 2.29. The monoisotopic (exact) mass is 257 g/mol. The normalized spacial score (nSPS) is 15.1. The van der Waals surface area contributed by atoms with Crippen molar-refractivity contribution in [2.24, 2.45) is 5.73 Å². The first-order valence-corrected chi connectivity index (χ1v) is 6.75. The van der Waals surface area contributed by atoms with E-state index in [0.717, 1.165) is 30.1 Å². The van der Waals surface area contributed by atoms with Gasteiger partial charge >= 0.3 is 0 Å². The Morgan fingerprint density at radius 2 is 2.16 bits per heavy atom. The summed E-state index contributed by atoms with van der Waals surface area (Å²) in [7, 11) is 0. The van der Waals surface area contributed by atoms with Crippen molar-refractivity contribution >= 4 is 0 Å². The van der Waals surface area contributed by atoms with Gasteiger partial charge in [-0.15, -0.1) is 0 Å². The van der Waals surface area contributed by atoms with Crippen LogP contribution in [0.3, 0.4) is 0 Å². The minimum absolute atomic E-state index is 0.548. The lowest BCUT2D eigenvalue weighted by Gasteiger charge is -2.20. The summed E-state index contributed by atoms with van der Waals surface area (Å²) in [5.74, 6) is 1.02. The molecule has 0 bridgehead atoms. The molecule has 1 saturated carbocycles. The predicted molar refractivity (Wildman–Crippen MR) is 73.1 cm³/mol. The zero-order chi connectivity index (χ0) is 13.1. The van der Waals surface area contributed by atoms with Crippen LogP contribution in [-0.4, -0.2) is 15.9 Å². The highest BCUT2D eigenvalue weighted by molar-refractivity contribution is 5.14. The molecule has 4 nitrogen and oxygen atoms in total. The van der Waals surface area contributed by atoms with E-state index in [9.17, 15) is 0 Å². The third kappa shape index (κ3) is 3.22. The van der Waals surface area contributed by atoms with E-state index in [1.54, 1.807) is 6.26 Å². The Balaban J connectivity index is 1.66. The van der Waals surface area contributed by atoms with Gasteiger partial charge in [0, 0.05) is 25.3 Å². The molecule has 4 heteroatoms. The van der Waals surface area contributed by atoms with Crippen LogP contribution in [0.4, 0.5) is 0 Å². The summed E-state index contributed by atoms with van der Waals surface area (Å²) in [6.45, 7) is 2.28. The fraction of sp³-hybridized carbons (Fsp3) is 0.400. The summed E-state index contributed by atoms with van der Waals surface area (Å²) >= 11 is 0. The molecular weight excluding hydrogens is 238 g/mol. The Morgan fingerprint density at radius 1 is 1.26 bits per heavy atom. The van der Waals surface area contributed by atoms with E-state index in [1.165, 1.54) is 12.8 Å². The van der Waals surface area contributed by atoms with Gasteiger partial charge in [-0.1, -0.05) is 6.07 Å². The minimum Gasteiger partial charge on any atom is -0.468 e. The van der Waals surface area contributed by atoms with E-state index in [2.05, 4.69) is 22.0 Å². The van der Waals surface area contributed by atoms with Crippen molar-refractivity contribution in [1.82, 2.24) is 9.88 Å². The molecule has 2 aromatic rings. The second-order valence-electron chi connectivity index (χ2n) is 5.08.